The maximum absolute atomic E-state index is 14.0. The number of nitrogens with one attached hydrogen (secondary N) is 1. The summed E-state index contributed by atoms with van der Waals surface area (Å²) >= 11 is 0. The second kappa shape index (κ2) is 16.6. The summed E-state index contributed by atoms with van der Waals surface area (Å²) < 4.78 is 0. The quantitative estimate of drug-likeness (QED) is 0.220. The molecule has 0 aliphatic heterocycles. The van der Waals surface area contributed by atoms with E-state index in [1.54, 1.807) is 18.2 Å². The number of hydrogen-bond donors (Lipinski definition) is 3. The smallest absolute Gasteiger partial charge is 0.335 e. The molecule has 5 aliphatic carbocycles. The van der Waals surface area contributed by atoms with E-state index in [1.165, 1.54) is 31.3 Å². The van der Waals surface area contributed by atoms with Gasteiger partial charge in [-0.3, -0.25) is 14.5 Å². The van der Waals surface area contributed by atoms with Crippen LogP contribution in [0.1, 0.15) is 142 Å². The molecule has 1 aromatic carbocycles. The predicted molar refractivity (Wildman–Crippen MR) is 212 cm³/mol. The third-order valence-electron chi connectivity index (χ3n) is 14.7. The van der Waals surface area contributed by atoms with Crippen molar-refractivity contribution in [3.8, 4) is 0 Å². The lowest BCUT2D eigenvalue weighted by molar-refractivity contribution is -0.181. The molecule has 0 aromatic heterocycles. The molecule has 290 valence electrons. The number of allylic oxidation sites excluding steroid dienone is 3. The minimum Gasteiger partial charge on any atom is -0.480 e. The lowest BCUT2D eigenvalue weighted by atomic mass is 9.36. The Morgan fingerprint density at radius 2 is 1.56 bits per heavy atom. The lowest BCUT2D eigenvalue weighted by Gasteiger charge is -2.68. The van der Waals surface area contributed by atoms with Gasteiger partial charge in [0.15, 0.2) is 0 Å². The van der Waals surface area contributed by atoms with E-state index in [1.807, 2.05) is 51.7 Å². The third kappa shape index (κ3) is 7.54. The average molecular weight is 719 g/mol. The molecule has 52 heavy (non-hydrogen) atoms. The number of carboxylic acids is 2. The lowest BCUT2D eigenvalue weighted by Crippen LogP contribution is -2.62. The molecule has 0 saturated heterocycles. The standard InChI is InChI=1S/C40H58N2O5.C3H6.C2H6/c1-25(2)42(24-34(43)44)23-22-41-36(47)40-18-7-8-31(40)28-13-14-33-38(5,30(28)16-21-40)20-17-32-37(3,4)29(15-19-39(32,33)6)26-9-11-27(12-10-26)35(45)46;1-3-2;1-2/h9-12,15,25,28,30-33H,7-8,13-14,16-24H2,1-6H3,(H,41,47)(H,43,44)(H,45,46);3H,1H2,2H3;1-2H3. The normalized spacial score (nSPS) is 34.1. The summed E-state index contributed by atoms with van der Waals surface area (Å²) in [6.07, 6.45) is 15.6. The first-order valence-corrected chi connectivity index (χ1v) is 20.4. The van der Waals surface area contributed by atoms with Gasteiger partial charge in [0.05, 0.1) is 17.5 Å². The molecule has 1 amide bonds. The molecule has 8 atom stereocenters. The van der Waals surface area contributed by atoms with E-state index >= 15 is 0 Å². The molecule has 3 N–H and O–H groups in total. The first-order valence-electron chi connectivity index (χ1n) is 20.4. The van der Waals surface area contributed by atoms with Crippen molar-refractivity contribution in [1.82, 2.24) is 10.2 Å². The van der Waals surface area contributed by atoms with Crippen LogP contribution in [0, 0.1) is 51.2 Å². The molecule has 1 aromatic rings. The number of amides is 1. The molecule has 6 rings (SSSR count). The molecule has 5 aliphatic rings. The zero-order chi connectivity index (χ0) is 38.6. The topological polar surface area (TPSA) is 107 Å². The van der Waals surface area contributed by atoms with Gasteiger partial charge in [-0.15, -0.1) is 6.58 Å². The van der Waals surface area contributed by atoms with Crippen LogP contribution in [-0.4, -0.2) is 58.6 Å². The van der Waals surface area contributed by atoms with Gasteiger partial charge >= 0.3 is 11.9 Å². The van der Waals surface area contributed by atoms with Gasteiger partial charge in [0.25, 0.3) is 0 Å². The van der Waals surface area contributed by atoms with Crippen LogP contribution in [-0.2, 0) is 9.59 Å². The van der Waals surface area contributed by atoms with E-state index in [-0.39, 0.29) is 40.2 Å². The molecule has 0 heterocycles. The van der Waals surface area contributed by atoms with Gasteiger partial charge in [0, 0.05) is 19.1 Å². The second-order valence-electron chi connectivity index (χ2n) is 17.7. The van der Waals surface area contributed by atoms with Gasteiger partial charge in [-0.25, -0.2) is 4.79 Å². The number of carbonyl (C=O) groups is 3. The number of rotatable bonds is 9. The highest BCUT2D eigenvalue weighted by Gasteiger charge is 2.66. The van der Waals surface area contributed by atoms with Crippen molar-refractivity contribution >= 4 is 23.4 Å². The molecule has 0 bridgehead atoms. The van der Waals surface area contributed by atoms with Gasteiger partial charge < -0.3 is 15.5 Å². The maximum Gasteiger partial charge on any atom is 0.335 e. The van der Waals surface area contributed by atoms with Gasteiger partial charge in [-0.1, -0.05) is 72.2 Å². The average Bonchev–Trinajstić information content (AvgIpc) is 3.55. The van der Waals surface area contributed by atoms with Crippen molar-refractivity contribution in [3.63, 3.8) is 0 Å². The summed E-state index contributed by atoms with van der Waals surface area (Å²) in [7, 11) is 0. The Labute approximate surface area is 315 Å². The molecule has 7 nitrogen and oxygen atoms in total. The Morgan fingerprint density at radius 3 is 2.15 bits per heavy atom. The molecular weight excluding hydrogens is 649 g/mol. The zero-order valence-electron chi connectivity index (χ0n) is 33.9. The molecular formula is C45H70N2O5. The van der Waals surface area contributed by atoms with E-state index in [4.69, 9.17) is 0 Å². The van der Waals surface area contributed by atoms with E-state index in [2.05, 4.69) is 45.7 Å². The summed E-state index contributed by atoms with van der Waals surface area (Å²) in [5, 5.41) is 22.0. The molecule has 0 spiro atoms. The molecule has 7 heteroatoms. The predicted octanol–water partition coefficient (Wildman–Crippen LogP) is 9.97. The Bertz CT molecular complexity index is 1460. The fourth-order valence-electron chi connectivity index (χ4n) is 12.7. The van der Waals surface area contributed by atoms with Gasteiger partial charge in [-0.05, 0) is 148 Å². The third-order valence-corrected chi connectivity index (χ3v) is 14.7. The van der Waals surface area contributed by atoms with E-state index in [0.29, 0.717) is 48.2 Å². The van der Waals surface area contributed by atoms with Crippen molar-refractivity contribution in [1.29, 1.82) is 0 Å². The number of carbonyl (C=O) groups excluding carboxylic acids is 1. The first kappa shape index (κ1) is 41.8. The number of fused-ring (bicyclic) bond motifs is 7. The van der Waals surface area contributed by atoms with Crippen LogP contribution in [0.3, 0.4) is 0 Å². The number of nitrogens with zero attached hydrogens (tertiary/aromatic N) is 1. The van der Waals surface area contributed by atoms with Crippen molar-refractivity contribution in [2.75, 3.05) is 19.6 Å². The summed E-state index contributed by atoms with van der Waals surface area (Å²) in [4.78, 5) is 38.8. The van der Waals surface area contributed by atoms with Gasteiger partial charge in [0.2, 0.25) is 5.91 Å². The fraction of sp³-hybridized carbons (Fsp3) is 0.711. The Balaban J connectivity index is 0.00000115. The Morgan fingerprint density at radius 1 is 0.904 bits per heavy atom. The van der Waals surface area contributed by atoms with Crippen LogP contribution in [0.4, 0.5) is 0 Å². The van der Waals surface area contributed by atoms with Crippen LogP contribution in [0.5, 0.6) is 0 Å². The highest BCUT2D eigenvalue weighted by atomic mass is 16.4. The van der Waals surface area contributed by atoms with E-state index in [9.17, 15) is 24.6 Å². The maximum atomic E-state index is 14.0. The molecule has 8 unspecified atom stereocenters. The second-order valence-corrected chi connectivity index (χ2v) is 17.7. The summed E-state index contributed by atoms with van der Waals surface area (Å²) in [5.74, 6) is 1.45. The minimum absolute atomic E-state index is 0.00123. The molecule has 4 fully saturated rings. The number of aromatic carboxylic acids is 1. The largest absolute Gasteiger partial charge is 0.480 e. The van der Waals surface area contributed by atoms with Crippen LogP contribution < -0.4 is 5.32 Å². The fourth-order valence-corrected chi connectivity index (χ4v) is 12.7. The number of hydrogen-bond acceptors (Lipinski definition) is 4. The van der Waals surface area contributed by atoms with Crippen molar-refractivity contribution in [2.24, 2.45) is 51.2 Å². The van der Waals surface area contributed by atoms with Crippen molar-refractivity contribution < 1.29 is 24.6 Å². The summed E-state index contributed by atoms with van der Waals surface area (Å²) in [6.45, 7) is 24.4. The number of benzene rings is 1. The van der Waals surface area contributed by atoms with E-state index < -0.39 is 11.9 Å². The van der Waals surface area contributed by atoms with Gasteiger partial charge in [-0.2, -0.15) is 0 Å². The zero-order valence-corrected chi connectivity index (χ0v) is 33.9. The SMILES string of the molecule is C=CC.CC.CC(C)N(CCNC(=O)C12CCCC1C1CCC3C(C)(CCC4C(C)(C)C(c5ccc(C(=O)O)cc5)=CCC43C)C1CC2)CC(=O)O. The monoisotopic (exact) mass is 719 g/mol. The molecule has 0 radical (unpaired) electrons. The van der Waals surface area contributed by atoms with Crippen molar-refractivity contribution in [3.05, 3.63) is 54.1 Å². The van der Waals surface area contributed by atoms with Gasteiger partial charge in [0.1, 0.15) is 0 Å². The van der Waals surface area contributed by atoms with Crippen LogP contribution in [0.2, 0.25) is 0 Å². The Hall–Kier alpha value is -2.93. The van der Waals surface area contributed by atoms with Crippen molar-refractivity contribution in [2.45, 2.75) is 133 Å². The highest BCUT2D eigenvalue weighted by Crippen LogP contribution is 2.73. The van der Waals surface area contributed by atoms with Crippen LogP contribution in [0.15, 0.2) is 43.0 Å². The van der Waals surface area contributed by atoms with Crippen LogP contribution >= 0.6 is 0 Å². The number of aliphatic carboxylic acids is 1. The Kier molecular flexibility index (Phi) is 13.4. The molecule has 4 saturated carbocycles. The van der Waals surface area contributed by atoms with Crippen LogP contribution in [0.25, 0.3) is 5.57 Å². The number of carboxylic acid groups (broad SMARTS) is 2. The first-order chi connectivity index (χ1) is 24.6. The highest BCUT2D eigenvalue weighted by molar-refractivity contribution is 5.88. The summed E-state index contributed by atoms with van der Waals surface area (Å²) in [6, 6.07) is 7.60. The minimum atomic E-state index is -0.882. The van der Waals surface area contributed by atoms with E-state index in [0.717, 1.165) is 44.1 Å². The summed E-state index contributed by atoms with van der Waals surface area (Å²) in [5.41, 5.74) is 3.08.